The van der Waals surface area contributed by atoms with Gasteiger partial charge >= 0.3 is 0 Å². The molecule has 1 fully saturated rings. The van der Waals surface area contributed by atoms with Crippen LogP contribution in [0.5, 0.6) is 0 Å². The fourth-order valence-corrected chi connectivity index (χ4v) is 3.73. The first-order chi connectivity index (χ1) is 14.8. The number of nitrogens with one attached hydrogen (secondary N) is 3. The number of piperidine rings is 1. The zero-order valence-electron chi connectivity index (χ0n) is 20.5. The van der Waals surface area contributed by atoms with Crippen molar-refractivity contribution in [1.82, 2.24) is 25.8 Å². The molecule has 0 bridgehead atoms. The molecule has 1 aromatic carbocycles. The number of amides is 1. The molecule has 3 N–H and O–H groups in total. The summed E-state index contributed by atoms with van der Waals surface area (Å²) in [5, 5.41) is 9.82. The number of halogens is 1. The molecule has 0 unspecified atom stereocenters. The minimum absolute atomic E-state index is 0. The number of rotatable bonds is 10. The summed E-state index contributed by atoms with van der Waals surface area (Å²) in [4.78, 5) is 21.8. The number of hydrogen-bond donors (Lipinski definition) is 3. The monoisotopic (exact) mass is 558 g/mol. The Kier molecular flexibility index (Phi) is 13.2. The van der Waals surface area contributed by atoms with Gasteiger partial charge in [0.05, 0.1) is 6.54 Å². The van der Waals surface area contributed by atoms with Gasteiger partial charge in [-0.05, 0) is 78.5 Å². The van der Waals surface area contributed by atoms with Gasteiger partial charge in [0.25, 0.3) is 5.91 Å². The zero-order chi connectivity index (χ0) is 22.7. The molecule has 0 aliphatic carbocycles. The third-order valence-electron chi connectivity index (χ3n) is 5.70. The van der Waals surface area contributed by atoms with Gasteiger partial charge in [0, 0.05) is 37.3 Å². The molecule has 1 aliphatic heterocycles. The fraction of sp³-hybridized carbons (Fsp3) is 0.667. The van der Waals surface area contributed by atoms with Crippen LogP contribution in [0.25, 0.3) is 0 Å². The number of carbonyl (C=O) groups is 1. The summed E-state index contributed by atoms with van der Waals surface area (Å²) in [5.74, 6) is 0.773. The van der Waals surface area contributed by atoms with E-state index in [2.05, 4.69) is 41.6 Å². The third kappa shape index (κ3) is 10.0. The first-order valence-corrected chi connectivity index (χ1v) is 11.6. The average Bonchev–Trinajstić information content (AvgIpc) is 2.76. The molecule has 0 saturated carbocycles. The van der Waals surface area contributed by atoms with Crippen molar-refractivity contribution in [2.75, 3.05) is 53.4 Å². The van der Waals surface area contributed by atoms with Gasteiger partial charge in [-0.3, -0.25) is 9.69 Å². The topological polar surface area (TPSA) is 72.0 Å². The largest absolute Gasteiger partial charge is 0.357 e. The van der Waals surface area contributed by atoms with Crippen LogP contribution in [-0.2, 0) is 6.54 Å². The van der Waals surface area contributed by atoms with Crippen LogP contribution in [0.3, 0.4) is 0 Å². The van der Waals surface area contributed by atoms with Crippen LogP contribution in [0.2, 0.25) is 0 Å². The number of nitrogens with zero attached hydrogens (tertiary/aromatic N) is 3. The lowest BCUT2D eigenvalue weighted by atomic mass is 9.98. The number of hydrogen-bond acceptors (Lipinski definition) is 4. The van der Waals surface area contributed by atoms with Crippen LogP contribution >= 0.6 is 24.0 Å². The molecule has 2 rings (SSSR count). The molecule has 1 aliphatic rings. The second-order valence-electron chi connectivity index (χ2n) is 9.17. The van der Waals surface area contributed by atoms with Gasteiger partial charge in [0.1, 0.15) is 0 Å². The second kappa shape index (κ2) is 14.7. The van der Waals surface area contributed by atoms with E-state index < -0.39 is 0 Å². The predicted octanol–water partition coefficient (Wildman–Crippen LogP) is 2.92. The van der Waals surface area contributed by atoms with Crippen LogP contribution in [0.1, 0.15) is 56.0 Å². The standard InChI is InChI=1S/C24H42N6O.HI/c1-6-25-23(28-19-24(2,3)30-14-8-7-9-15-30)27-18-20-11-10-12-21(17-20)22(31)26-13-16-29(4)5;/h10-12,17H,6-9,13-16,18-19H2,1-5H3,(H,26,31)(H2,25,27,28);1H. The third-order valence-corrected chi connectivity index (χ3v) is 5.70. The van der Waals surface area contributed by atoms with Crippen LogP contribution in [0, 0.1) is 0 Å². The molecule has 182 valence electrons. The lowest BCUT2D eigenvalue weighted by molar-refractivity contribution is 0.0950. The first kappa shape index (κ1) is 28.6. The quantitative estimate of drug-likeness (QED) is 0.234. The van der Waals surface area contributed by atoms with E-state index in [1.165, 1.54) is 32.4 Å². The predicted molar refractivity (Wildman–Crippen MR) is 145 cm³/mol. The summed E-state index contributed by atoms with van der Waals surface area (Å²) >= 11 is 0. The SMILES string of the molecule is CCNC(=NCc1cccc(C(=O)NCCN(C)C)c1)NCC(C)(C)N1CCCCC1.I. The lowest BCUT2D eigenvalue weighted by Crippen LogP contribution is -2.54. The van der Waals surface area contributed by atoms with E-state index in [9.17, 15) is 4.79 Å². The van der Waals surface area contributed by atoms with E-state index in [-0.39, 0.29) is 35.4 Å². The highest BCUT2D eigenvalue weighted by molar-refractivity contribution is 14.0. The molecule has 32 heavy (non-hydrogen) atoms. The van der Waals surface area contributed by atoms with Crippen molar-refractivity contribution in [3.05, 3.63) is 35.4 Å². The van der Waals surface area contributed by atoms with Crippen LogP contribution in [-0.4, -0.2) is 80.6 Å². The van der Waals surface area contributed by atoms with Crippen molar-refractivity contribution in [2.24, 2.45) is 4.99 Å². The van der Waals surface area contributed by atoms with E-state index in [0.29, 0.717) is 18.7 Å². The Morgan fingerprint density at radius 1 is 1.12 bits per heavy atom. The van der Waals surface area contributed by atoms with Crippen molar-refractivity contribution in [3.63, 3.8) is 0 Å². The molecule has 1 amide bonds. The molecular formula is C24H43IN6O. The normalized spacial score (nSPS) is 15.2. The first-order valence-electron chi connectivity index (χ1n) is 11.6. The molecule has 1 heterocycles. The van der Waals surface area contributed by atoms with Crippen LogP contribution < -0.4 is 16.0 Å². The summed E-state index contributed by atoms with van der Waals surface area (Å²) in [6.07, 6.45) is 3.92. The van der Waals surface area contributed by atoms with Crippen molar-refractivity contribution >= 4 is 35.8 Å². The molecule has 1 saturated heterocycles. The highest BCUT2D eigenvalue weighted by Gasteiger charge is 2.27. The maximum atomic E-state index is 12.4. The molecule has 1 aromatic rings. The van der Waals surface area contributed by atoms with E-state index in [1.807, 2.05) is 43.3 Å². The molecular weight excluding hydrogens is 515 g/mol. The fourth-order valence-electron chi connectivity index (χ4n) is 3.73. The Balaban J connectivity index is 0.00000512. The van der Waals surface area contributed by atoms with Gasteiger partial charge in [0.15, 0.2) is 5.96 Å². The van der Waals surface area contributed by atoms with E-state index in [1.54, 1.807) is 0 Å². The summed E-state index contributed by atoms with van der Waals surface area (Å²) in [5.41, 5.74) is 1.78. The summed E-state index contributed by atoms with van der Waals surface area (Å²) < 4.78 is 0. The van der Waals surface area contributed by atoms with E-state index in [0.717, 1.165) is 31.2 Å². The van der Waals surface area contributed by atoms with Gasteiger partial charge in [-0.25, -0.2) is 4.99 Å². The maximum Gasteiger partial charge on any atom is 0.251 e. The Morgan fingerprint density at radius 2 is 1.84 bits per heavy atom. The van der Waals surface area contributed by atoms with Gasteiger partial charge < -0.3 is 20.9 Å². The highest BCUT2D eigenvalue weighted by Crippen LogP contribution is 2.19. The molecule has 0 atom stereocenters. The smallest absolute Gasteiger partial charge is 0.251 e. The van der Waals surface area contributed by atoms with Crippen molar-refractivity contribution in [3.8, 4) is 0 Å². The average molecular weight is 559 g/mol. The number of carbonyl (C=O) groups excluding carboxylic acids is 1. The van der Waals surface area contributed by atoms with Gasteiger partial charge in [0.2, 0.25) is 0 Å². The molecule has 0 aromatic heterocycles. The van der Waals surface area contributed by atoms with E-state index >= 15 is 0 Å². The summed E-state index contributed by atoms with van der Waals surface area (Å²) in [6, 6.07) is 7.71. The molecule has 0 radical (unpaired) electrons. The molecule has 0 spiro atoms. The summed E-state index contributed by atoms with van der Waals surface area (Å²) in [7, 11) is 3.99. The maximum absolute atomic E-state index is 12.4. The molecule has 8 heteroatoms. The van der Waals surface area contributed by atoms with Crippen LogP contribution in [0.15, 0.2) is 29.3 Å². The zero-order valence-corrected chi connectivity index (χ0v) is 22.9. The number of guanidine groups is 1. The Morgan fingerprint density at radius 3 is 2.50 bits per heavy atom. The Labute approximate surface area is 211 Å². The van der Waals surface area contributed by atoms with Gasteiger partial charge in [-0.15, -0.1) is 24.0 Å². The van der Waals surface area contributed by atoms with Gasteiger partial charge in [-0.1, -0.05) is 18.6 Å². The van der Waals surface area contributed by atoms with Gasteiger partial charge in [-0.2, -0.15) is 0 Å². The Bertz CT molecular complexity index is 716. The van der Waals surface area contributed by atoms with Crippen molar-refractivity contribution in [2.45, 2.75) is 52.1 Å². The number of likely N-dealkylation sites (tertiary alicyclic amines) is 1. The Hall–Kier alpha value is -1.39. The lowest BCUT2D eigenvalue weighted by Gasteiger charge is -2.41. The van der Waals surface area contributed by atoms with Crippen LogP contribution in [0.4, 0.5) is 0 Å². The summed E-state index contributed by atoms with van der Waals surface area (Å²) in [6.45, 7) is 12.6. The number of benzene rings is 1. The van der Waals surface area contributed by atoms with Crippen molar-refractivity contribution < 1.29 is 4.79 Å². The van der Waals surface area contributed by atoms with Crippen molar-refractivity contribution in [1.29, 1.82) is 0 Å². The number of aliphatic imine (C=N–C) groups is 1. The minimum atomic E-state index is -0.0407. The second-order valence-corrected chi connectivity index (χ2v) is 9.17. The minimum Gasteiger partial charge on any atom is -0.357 e. The highest BCUT2D eigenvalue weighted by atomic mass is 127. The van der Waals surface area contributed by atoms with E-state index in [4.69, 9.17) is 4.99 Å². The number of likely N-dealkylation sites (N-methyl/N-ethyl adjacent to an activating group) is 1. The molecule has 7 nitrogen and oxygen atoms in total.